The van der Waals surface area contributed by atoms with Crippen molar-refractivity contribution in [1.82, 2.24) is 0 Å². The number of carbonyl (C=O) groups is 1. The van der Waals surface area contributed by atoms with Gasteiger partial charge in [-0.3, -0.25) is 4.79 Å². The highest BCUT2D eigenvalue weighted by molar-refractivity contribution is 7.99. The average Bonchev–Trinajstić information content (AvgIpc) is 1.83. The fourth-order valence-electron chi connectivity index (χ4n) is 0.629. The Hall–Kier alpha value is -0.390. The van der Waals surface area contributed by atoms with E-state index in [9.17, 15) is 18.0 Å². The Morgan fingerprint density at radius 3 is 2.33 bits per heavy atom. The highest BCUT2D eigenvalue weighted by atomic mass is 32.2. The molecule has 2 nitrogen and oxygen atoms in total. The molecule has 12 heavy (non-hydrogen) atoms. The fraction of sp³-hybridized carbons (Fsp3) is 0.833. The first-order valence-corrected chi connectivity index (χ1v) is 4.33. The Morgan fingerprint density at radius 2 is 2.08 bits per heavy atom. The molecule has 0 spiro atoms. The molecule has 1 unspecified atom stereocenters. The van der Waals surface area contributed by atoms with Gasteiger partial charge in [-0.15, -0.1) is 11.8 Å². The van der Waals surface area contributed by atoms with E-state index >= 15 is 0 Å². The van der Waals surface area contributed by atoms with Crippen molar-refractivity contribution in [2.24, 2.45) is 0 Å². The number of carboxylic acid groups (broad SMARTS) is 1. The van der Waals surface area contributed by atoms with Crippen LogP contribution in [0.25, 0.3) is 0 Å². The fourth-order valence-corrected chi connectivity index (χ4v) is 1.48. The molecule has 0 aliphatic rings. The summed E-state index contributed by atoms with van der Waals surface area (Å²) in [5, 5.41) is 6.38. The minimum absolute atomic E-state index is 0.261. The molecule has 0 aliphatic carbocycles. The van der Waals surface area contributed by atoms with E-state index in [1.165, 1.54) is 0 Å². The number of hydrogen-bond donors (Lipinski definition) is 1. The molecule has 0 amide bonds. The topological polar surface area (TPSA) is 37.3 Å². The van der Waals surface area contributed by atoms with E-state index in [1.807, 2.05) is 0 Å². The van der Waals surface area contributed by atoms with E-state index in [0.29, 0.717) is 11.8 Å². The molecule has 0 aromatic heterocycles. The lowest BCUT2D eigenvalue weighted by Crippen LogP contribution is -2.28. The van der Waals surface area contributed by atoms with Crippen LogP contribution in [0, 0.1) is 0 Å². The lowest BCUT2D eigenvalue weighted by molar-refractivity contribution is -0.149. The molecule has 0 rings (SSSR count). The van der Waals surface area contributed by atoms with Gasteiger partial charge in [-0.2, -0.15) is 13.2 Å². The van der Waals surface area contributed by atoms with Crippen molar-refractivity contribution >= 4 is 17.7 Å². The van der Waals surface area contributed by atoms with E-state index in [0.717, 1.165) is 0 Å². The maximum atomic E-state index is 12.0. The van der Waals surface area contributed by atoms with Crippen molar-refractivity contribution in [3.63, 3.8) is 0 Å². The summed E-state index contributed by atoms with van der Waals surface area (Å²) in [6.07, 6.45) is -5.28. The zero-order chi connectivity index (χ0) is 9.78. The quantitative estimate of drug-likeness (QED) is 0.758. The van der Waals surface area contributed by atoms with Crippen molar-refractivity contribution in [3.05, 3.63) is 0 Å². The normalized spacial score (nSPS) is 14.3. The number of rotatable bonds is 4. The molecule has 0 aromatic carbocycles. The van der Waals surface area contributed by atoms with Crippen molar-refractivity contribution in [1.29, 1.82) is 0 Å². The Morgan fingerprint density at radius 1 is 1.58 bits per heavy atom. The summed E-state index contributed by atoms with van der Waals surface area (Å²) in [6, 6.07) is 0. The van der Waals surface area contributed by atoms with E-state index in [2.05, 4.69) is 0 Å². The van der Waals surface area contributed by atoms with Gasteiger partial charge in [0.25, 0.3) is 0 Å². The standard InChI is InChI=1S/C6H9F3O2S/c1-2-12-4(3-5(10)11)6(7,8)9/h4H,2-3H2,1H3,(H,10,11). The minimum atomic E-state index is -4.42. The third-order valence-electron chi connectivity index (χ3n) is 1.09. The average molecular weight is 202 g/mol. The first-order valence-electron chi connectivity index (χ1n) is 3.28. The molecule has 0 aromatic rings. The maximum Gasteiger partial charge on any atom is 0.401 e. The third kappa shape index (κ3) is 4.48. The molecule has 0 fully saturated rings. The van der Waals surface area contributed by atoms with Crippen molar-refractivity contribution in [2.45, 2.75) is 24.8 Å². The third-order valence-corrected chi connectivity index (χ3v) is 2.26. The molecular weight excluding hydrogens is 193 g/mol. The summed E-state index contributed by atoms with van der Waals surface area (Å²) in [5.74, 6) is -1.16. The van der Waals surface area contributed by atoms with Gasteiger partial charge in [0.15, 0.2) is 0 Å². The summed E-state index contributed by atoms with van der Waals surface area (Å²) in [7, 11) is 0. The molecule has 1 N–H and O–H groups in total. The van der Waals surface area contributed by atoms with Crippen LogP contribution < -0.4 is 0 Å². The first-order chi connectivity index (χ1) is 5.38. The monoisotopic (exact) mass is 202 g/mol. The lowest BCUT2D eigenvalue weighted by Gasteiger charge is -2.16. The molecule has 0 aliphatic heterocycles. The van der Waals surface area contributed by atoms with Gasteiger partial charge in [0.1, 0.15) is 5.25 Å². The van der Waals surface area contributed by atoms with Crippen LogP contribution in [0.1, 0.15) is 13.3 Å². The smallest absolute Gasteiger partial charge is 0.401 e. The van der Waals surface area contributed by atoms with Crippen LogP contribution in [0.5, 0.6) is 0 Å². The molecule has 1 atom stereocenters. The molecular formula is C6H9F3O2S. The second-order valence-corrected chi connectivity index (χ2v) is 3.56. The van der Waals surface area contributed by atoms with Crippen molar-refractivity contribution in [3.8, 4) is 0 Å². The zero-order valence-corrected chi connectivity index (χ0v) is 7.21. The van der Waals surface area contributed by atoms with Crippen LogP contribution in [0.15, 0.2) is 0 Å². The SMILES string of the molecule is CCSC(CC(=O)O)C(F)(F)F. The predicted octanol–water partition coefficient (Wildman–Crippen LogP) is 2.15. The second-order valence-electron chi connectivity index (χ2n) is 2.08. The zero-order valence-electron chi connectivity index (χ0n) is 6.39. The van der Waals surface area contributed by atoms with Gasteiger partial charge in [-0.05, 0) is 5.75 Å². The summed E-state index contributed by atoms with van der Waals surface area (Å²) >= 11 is 0.606. The summed E-state index contributed by atoms with van der Waals surface area (Å²) in [4.78, 5) is 10.0. The molecule has 0 saturated carbocycles. The summed E-state index contributed by atoms with van der Waals surface area (Å²) in [6.45, 7) is 1.56. The van der Waals surface area contributed by atoms with Gasteiger partial charge in [0.2, 0.25) is 0 Å². The molecule has 0 heterocycles. The van der Waals surface area contributed by atoms with Gasteiger partial charge in [0, 0.05) is 0 Å². The van der Waals surface area contributed by atoms with Gasteiger partial charge in [0.05, 0.1) is 6.42 Å². The minimum Gasteiger partial charge on any atom is -0.481 e. The van der Waals surface area contributed by atoms with E-state index in [1.54, 1.807) is 6.92 Å². The summed E-state index contributed by atoms with van der Waals surface area (Å²) < 4.78 is 35.9. The second kappa shape index (κ2) is 4.59. The number of halogens is 3. The number of carboxylic acids is 1. The molecule has 0 bridgehead atoms. The van der Waals surface area contributed by atoms with Crippen LogP contribution in [-0.2, 0) is 4.79 Å². The molecule has 72 valence electrons. The molecule has 0 saturated heterocycles. The van der Waals surface area contributed by atoms with Gasteiger partial charge >= 0.3 is 12.1 Å². The van der Waals surface area contributed by atoms with E-state index in [-0.39, 0.29) is 5.75 Å². The highest BCUT2D eigenvalue weighted by Crippen LogP contribution is 2.32. The lowest BCUT2D eigenvalue weighted by atomic mass is 10.3. The van der Waals surface area contributed by atoms with Gasteiger partial charge in [-0.25, -0.2) is 0 Å². The summed E-state index contributed by atoms with van der Waals surface area (Å²) in [5.41, 5.74) is 0. The molecule has 0 radical (unpaired) electrons. The van der Waals surface area contributed by atoms with Gasteiger partial charge in [-0.1, -0.05) is 6.92 Å². The number of aliphatic carboxylic acids is 1. The number of hydrogen-bond acceptors (Lipinski definition) is 2. The number of thioether (sulfide) groups is 1. The van der Waals surface area contributed by atoms with Crippen LogP contribution in [0.4, 0.5) is 13.2 Å². The van der Waals surface area contributed by atoms with Crippen molar-refractivity contribution < 1.29 is 23.1 Å². The Labute approximate surface area is 72.1 Å². The molecule has 6 heteroatoms. The Bertz CT molecular complexity index is 157. The van der Waals surface area contributed by atoms with Crippen LogP contribution in [0.3, 0.4) is 0 Å². The predicted molar refractivity (Wildman–Crippen MR) is 40.2 cm³/mol. The highest BCUT2D eigenvalue weighted by Gasteiger charge is 2.40. The van der Waals surface area contributed by atoms with Crippen LogP contribution in [0.2, 0.25) is 0 Å². The van der Waals surface area contributed by atoms with E-state index in [4.69, 9.17) is 5.11 Å². The maximum absolute atomic E-state index is 12.0. The van der Waals surface area contributed by atoms with Crippen LogP contribution >= 0.6 is 11.8 Å². The largest absolute Gasteiger partial charge is 0.481 e. The Kier molecular flexibility index (Phi) is 4.44. The van der Waals surface area contributed by atoms with Crippen molar-refractivity contribution in [2.75, 3.05) is 5.75 Å². The number of alkyl halides is 3. The Balaban J connectivity index is 4.13. The first kappa shape index (κ1) is 11.6. The van der Waals surface area contributed by atoms with E-state index < -0.39 is 23.8 Å². The van der Waals surface area contributed by atoms with Crippen LogP contribution in [-0.4, -0.2) is 28.3 Å². The van der Waals surface area contributed by atoms with Gasteiger partial charge < -0.3 is 5.11 Å².